The first-order valence-corrected chi connectivity index (χ1v) is 4.88. The van der Waals surface area contributed by atoms with Crippen LogP contribution in [0.2, 0.25) is 0 Å². The van der Waals surface area contributed by atoms with Gasteiger partial charge in [-0.2, -0.15) is 0 Å². The van der Waals surface area contributed by atoms with Crippen molar-refractivity contribution in [2.24, 2.45) is 0 Å². The predicted molar refractivity (Wildman–Crippen MR) is 49.4 cm³/mol. The zero-order valence-electron chi connectivity index (χ0n) is 7.46. The summed E-state index contributed by atoms with van der Waals surface area (Å²) in [7, 11) is 0. The topological polar surface area (TPSA) is 81.3 Å². The van der Waals surface area contributed by atoms with E-state index >= 15 is 0 Å². The first-order chi connectivity index (χ1) is 6.04. The average Bonchev–Trinajstić information content (AvgIpc) is 2.02. The van der Waals surface area contributed by atoms with Crippen LogP contribution in [0.5, 0.6) is 0 Å². The summed E-state index contributed by atoms with van der Waals surface area (Å²) >= 11 is -2.22. The molecule has 0 aromatic carbocycles. The smallest absolute Gasteiger partial charge is 0.246 e. The largest absolute Gasteiger partial charge is 0.760 e. The molecular formula is C7H13N2O3S-. The molecule has 0 rings (SSSR count). The quantitative estimate of drug-likeness (QED) is 0.347. The molecule has 6 heteroatoms. The van der Waals surface area contributed by atoms with Crippen LogP contribution in [0, 0.1) is 0 Å². The van der Waals surface area contributed by atoms with Gasteiger partial charge in [-0.05, 0) is 13.3 Å². The molecular weight excluding hydrogens is 192 g/mol. The molecule has 0 aliphatic heterocycles. The summed E-state index contributed by atoms with van der Waals surface area (Å²) in [4.78, 5) is 10.9. The van der Waals surface area contributed by atoms with Crippen molar-refractivity contribution in [3.63, 3.8) is 0 Å². The van der Waals surface area contributed by atoms with Crippen molar-refractivity contribution in [3.8, 4) is 0 Å². The van der Waals surface area contributed by atoms with E-state index in [0.717, 1.165) is 0 Å². The first kappa shape index (κ1) is 12.3. The summed E-state index contributed by atoms with van der Waals surface area (Å²) < 4.78 is 22.2. The Labute approximate surface area is 80.0 Å². The third-order valence-corrected chi connectivity index (χ3v) is 1.69. The molecule has 5 nitrogen and oxygen atoms in total. The van der Waals surface area contributed by atoms with Crippen LogP contribution in [0.15, 0.2) is 12.2 Å². The number of carbonyl (C=O) groups excluding carboxylic acids is 1. The second-order valence-electron chi connectivity index (χ2n) is 2.52. The van der Waals surface area contributed by atoms with Crippen LogP contribution < -0.4 is 10.0 Å². The molecule has 0 bridgehead atoms. The molecule has 1 atom stereocenters. The van der Waals surface area contributed by atoms with Gasteiger partial charge in [0.2, 0.25) is 5.91 Å². The molecule has 0 saturated heterocycles. The average molecular weight is 205 g/mol. The van der Waals surface area contributed by atoms with Gasteiger partial charge in [-0.25, -0.2) is 4.72 Å². The van der Waals surface area contributed by atoms with Gasteiger partial charge in [-0.3, -0.25) is 9.00 Å². The van der Waals surface area contributed by atoms with Gasteiger partial charge in [0.1, 0.15) is 0 Å². The van der Waals surface area contributed by atoms with E-state index in [-0.39, 0.29) is 5.91 Å². The Balaban J connectivity index is 3.31. The van der Waals surface area contributed by atoms with E-state index in [1.54, 1.807) is 6.92 Å². The SMILES string of the molecule is C=C(C)C(=O)NCCCNS(=O)[O-]. The molecule has 0 spiro atoms. The fourth-order valence-corrected chi connectivity index (χ4v) is 0.908. The van der Waals surface area contributed by atoms with E-state index < -0.39 is 11.3 Å². The second-order valence-corrected chi connectivity index (χ2v) is 3.28. The highest BCUT2D eigenvalue weighted by atomic mass is 32.2. The molecule has 0 fully saturated rings. The number of hydrogen-bond acceptors (Lipinski definition) is 3. The molecule has 13 heavy (non-hydrogen) atoms. The van der Waals surface area contributed by atoms with E-state index in [9.17, 15) is 13.6 Å². The van der Waals surface area contributed by atoms with Crippen LogP contribution in [0.3, 0.4) is 0 Å². The molecule has 1 unspecified atom stereocenters. The Hall–Kier alpha value is -0.720. The number of nitrogens with one attached hydrogen (secondary N) is 2. The summed E-state index contributed by atoms with van der Waals surface area (Å²) in [6.45, 7) is 5.83. The Morgan fingerprint density at radius 3 is 2.62 bits per heavy atom. The van der Waals surface area contributed by atoms with Crippen LogP contribution in [0.1, 0.15) is 13.3 Å². The van der Waals surface area contributed by atoms with Crippen molar-refractivity contribution in [2.75, 3.05) is 13.1 Å². The Morgan fingerprint density at radius 2 is 2.15 bits per heavy atom. The zero-order chi connectivity index (χ0) is 10.3. The summed E-state index contributed by atoms with van der Waals surface area (Å²) in [6.07, 6.45) is 0.562. The van der Waals surface area contributed by atoms with Gasteiger partial charge in [0.15, 0.2) is 0 Å². The molecule has 1 amide bonds. The first-order valence-electron chi connectivity index (χ1n) is 3.80. The van der Waals surface area contributed by atoms with Crippen LogP contribution in [0.25, 0.3) is 0 Å². The minimum absolute atomic E-state index is 0.205. The molecule has 0 aliphatic carbocycles. The standard InChI is InChI=1S/C7H14N2O3S/c1-6(2)7(10)8-4-3-5-9-13(11)12/h9H,1,3-5H2,2H3,(H,8,10)(H,11,12)/p-1. The normalized spacial score (nSPS) is 12.2. The summed E-state index contributed by atoms with van der Waals surface area (Å²) in [5, 5.41) is 2.58. The zero-order valence-corrected chi connectivity index (χ0v) is 8.28. The molecule has 0 aromatic heterocycles. The van der Waals surface area contributed by atoms with Crippen molar-refractivity contribution in [1.29, 1.82) is 0 Å². The van der Waals surface area contributed by atoms with Crippen molar-refractivity contribution >= 4 is 17.2 Å². The minimum Gasteiger partial charge on any atom is -0.760 e. The highest BCUT2D eigenvalue weighted by Crippen LogP contribution is 1.85. The van der Waals surface area contributed by atoms with Gasteiger partial charge in [-0.15, -0.1) is 0 Å². The van der Waals surface area contributed by atoms with E-state index in [4.69, 9.17) is 0 Å². The van der Waals surface area contributed by atoms with E-state index in [0.29, 0.717) is 25.1 Å². The van der Waals surface area contributed by atoms with Crippen molar-refractivity contribution in [2.45, 2.75) is 13.3 Å². The van der Waals surface area contributed by atoms with Gasteiger partial charge in [-0.1, -0.05) is 6.58 Å². The summed E-state index contributed by atoms with van der Waals surface area (Å²) in [6, 6.07) is 0. The fourth-order valence-electron chi connectivity index (χ4n) is 0.597. The molecule has 0 aliphatic rings. The van der Waals surface area contributed by atoms with E-state index in [2.05, 4.69) is 16.6 Å². The molecule has 0 aromatic rings. The maximum absolute atomic E-state index is 10.9. The lowest BCUT2D eigenvalue weighted by atomic mass is 10.3. The maximum atomic E-state index is 10.9. The van der Waals surface area contributed by atoms with Gasteiger partial charge >= 0.3 is 0 Å². The number of rotatable bonds is 6. The van der Waals surface area contributed by atoms with Gasteiger partial charge in [0.05, 0.1) is 0 Å². The van der Waals surface area contributed by atoms with Crippen molar-refractivity contribution in [1.82, 2.24) is 10.0 Å². The van der Waals surface area contributed by atoms with Crippen molar-refractivity contribution in [3.05, 3.63) is 12.2 Å². The van der Waals surface area contributed by atoms with Gasteiger partial charge < -0.3 is 9.87 Å². The van der Waals surface area contributed by atoms with Crippen LogP contribution in [-0.4, -0.2) is 27.8 Å². The lowest BCUT2D eigenvalue weighted by Crippen LogP contribution is -2.28. The van der Waals surface area contributed by atoms with Gasteiger partial charge in [0, 0.05) is 29.9 Å². The second kappa shape index (κ2) is 6.76. The number of carbonyl (C=O) groups is 1. The summed E-state index contributed by atoms with van der Waals surface area (Å²) in [5.74, 6) is -0.205. The highest BCUT2D eigenvalue weighted by Gasteiger charge is 1.98. The lowest BCUT2D eigenvalue weighted by molar-refractivity contribution is -0.117. The lowest BCUT2D eigenvalue weighted by Gasteiger charge is -2.07. The summed E-state index contributed by atoms with van der Waals surface area (Å²) in [5.41, 5.74) is 0.445. The van der Waals surface area contributed by atoms with Crippen LogP contribution >= 0.6 is 0 Å². The molecule has 0 heterocycles. The Bertz CT molecular complexity index is 218. The number of hydrogen-bond donors (Lipinski definition) is 2. The Morgan fingerprint density at radius 1 is 1.54 bits per heavy atom. The third kappa shape index (κ3) is 7.63. The number of amides is 1. The Kier molecular flexibility index (Phi) is 6.38. The predicted octanol–water partition coefficient (Wildman–Crippen LogP) is -0.547. The monoisotopic (exact) mass is 205 g/mol. The van der Waals surface area contributed by atoms with Crippen molar-refractivity contribution < 1.29 is 13.6 Å². The maximum Gasteiger partial charge on any atom is 0.246 e. The van der Waals surface area contributed by atoms with E-state index in [1.165, 1.54) is 0 Å². The molecule has 0 radical (unpaired) electrons. The third-order valence-electron chi connectivity index (χ3n) is 1.25. The molecule has 76 valence electrons. The minimum atomic E-state index is -2.22. The van der Waals surface area contributed by atoms with Gasteiger partial charge in [0.25, 0.3) is 0 Å². The molecule has 2 N–H and O–H groups in total. The fraction of sp³-hybridized carbons (Fsp3) is 0.571. The van der Waals surface area contributed by atoms with Crippen LogP contribution in [0.4, 0.5) is 0 Å². The highest BCUT2D eigenvalue weighted by molar-refractivity contribution is 7.77. The molecule has 0 saturated carbocycles. The van der Waals surface area contributed by atoms with Crippen LogP contribution in [-0.2, 0) is 16.1 Å². The van der Waals surface area contributed by atoms with E-state index in [1.807, 2.05) is 0 Å².